The third-order valence-electron chi connectivity index (χ3n) is 4.20. The quantitative estimate of drug-likeness (QED) is 0.860. The van der Waals surface area contributed by atoms with Crippen molar-refractivity contribution < 1.29 is 19.5 Å². The van der Waals surface area contributed by atoms with Crippen molar-refractivity contribution in [3.63, 3.8) is 0 Å². The molecule has 1 aromatic rings. The minimum atomic E-state index is -0.964. The molecular weight excluding hydrogens is 296 g/mol. The Morgan fingerprint density at radius 2 is 1.91 bits per heavy atom. The van der Waals surface area contributed by atoms with Crippen LogP contribution in [0.2, 0.25) is 0 Å². The first-order chi connectivity index (χ1) is 11.0. The second-order valence-electron chi connectivity index (χ2n) is 5.72. The molecule has 1 heterocycles. The molecule has 23 heavy (non-hydrogen) atoms. The molecule has 1 aliphatic heterocycles. The van der Waals surface area contributed by atoms with Gasteiger partial charge in [-0.15, -0.1) is 0 Å². The van der Waals surface area contributed by atoms with Crippen molar-refractivity contribution in [3.8, 4) is 0 Å². The second kappa shape index (κ2) is 7.76. The summed E-state index contributed by atoms with van der Waals surface area (Å²) in [6, 6.07) is 6.16. The topological polar surface area (TPSA) is 86.7 Å². The van der Waals surface area contributed by atoms with Crippen LogP contribution in [0.25, 0.3) is 0 Å². The summed E-state index contributed by atoms with van der Waals surface area (Å²) >= 11 is 0. The van der Waals surface area contributed by atoms with E-state index in [2.05, 4.69) is 5.32 Å². The number of aryl methyl sites for hydroxylation is 1. The molecule has 0 saturated carbocycles. The van der Waals surface area contributed by atoms with Gasteiger partial charge in [0, 0.05) is 20.0 Å². The fourth-order valence-electron chi connectivity index (χ4n) is 2.88. The number of nitrogens with zero attached hydrogens (tertiary/aromatic N) is 1. The molecule has 1 saturated heterocycles. The number of benzene rings is 1. The summed E-state index contributed by atoms with van der Waals surface area (Å²) in [6.07, 6.45) is 3.44. The number of carbonyl (C=O) groups excluding carboxylic acids is 2. The van der Waals surface area contributed by atoms with Gasteiger partial charge in [-0.05, 0) is 43.4 Å². The van der Waals surface area contributed by atoms with E-state index in [-0.39, 0.29) is 23.4 Å². The molecule has 1 fully saturated rings. The van der Waals surface area contributed by atoms with Crippen molar-refractivity contribution in [2.45, 2.75) is 38.1 Å². The van der Waals surface area contributed by atoms with Crippen molar-refractivity contribution in [1.29, 1.82) is 0 Å². The third-order valence-corrected chi connectivity index (χ3v) is 4.20. The summed E-state index contributed by atoms with van der Waals surface area (Å²) in [5.74, 6) is -1.10. The Balaban J connectivity index is 1.94. The molecule has 0 bridgehead atoms. The highest BCUT2D eigenvalue weighted by atomic mass is 16.4. The van der Waals surface area contributed by atoms with E-state index in [0.717, 1.165) is 18.4 Å². The maximum absolute atomic E-state index is 12.4. The van der Waals surface area contributed by atoms with Gasteiger partial charge in [-0.2, -0.15) is 0 Å². The van der Waals surface area contributed by atoms with Gasteiger partial charge >= 0.3 is 5.97 Å². The number of carbonyl (C=O) groups is 3. The van der Waals surface area contributed by atoms with Gasteiger partial charge in [0.05, 0.1) is 5.56 Å². The maximum atomic E-state index is 12.4. The SMILES string of the molecule is CNC(=O)[C@H]1CCCCN1C(=O)CCc1ccc(C(=O)O)cc1. The molecule has 2 N–H and O–H groups in total. The predicted octanol–water partition coefficient (Wildman–Crippen LogP) is 1.44. The molecular formula is C17H22N2O4. The van der Waals surface area contributed by atoms with E-state index in [4.69, 9.17) is 5.11 Å². The van der Waals surface area contributed by atoms with Crippen molar-refractivity contribution in [2.24, 2.45) is 0 Å². The molecule has 124 valence electrons. The molecule has 0 spiro atoms. The lowest BCUT2D eigenvalue weighted by molar-refractivity contribution is -0.142. The normalized spacial score (nSPS) is 17.6. The molecule has 0 aliphatic carbocycles. The standard InChI is InChI=1S/C17H22N2O4/c1-18-16(21)14-4-2-3-11-19(14)15(20)10-7-12-5-8-13(9-6-12)17(22)23/h5-6,8-9,14H,2-4,7,10-11H2,1H3,(H,18,21)(H,22,23)/t14-/m1/s1. The van der Waals surface area contributed by atoms with Crippen LogP contribution in [0.4, 0.5) is 0 Å². The second-order valence-corrected chi connectivity index (χ2v) is 5.72. The molecule has 1 aromatic carbocycles. The highest BCUT2D eigenvalue weighted by Gasteiger charge is 2.30. The van der Waals surface area contributed by atoms with Gasteiger partial charge < -0.3 is 15.3 Å². The molecule has 0 aromatic heterocycles. The summed E-state index contributed by atoms with van der Waals surface area (Å²) in [4.78, 5) is 36.8. The first-order valence-electron chi connectivity index (χ1n) is 7.86. The van der Waals surface area contributed by atoms with Gasteiger partial charge in [-0.1, -0.05) is 12.1 Å². The number of likely N-dealkylation sites (N-methyl/N-ethyl adjacent to an activating group) is 1. The van der Waals surface area contributed by atoms with E-state index in [9.17, 15) is 14.4 Å². The van der Waals surface area contributed by atoms with Crippen LogP contribution in [-0.2, 0) is 16.0 Å². The number of aromatic carboxylic acids is 1. The number of nitrogens with one attached hydrogen (secondary N) is 1. The number of piperidine rings is 1. The summed E-state index contributed by atoms with van der Waals surface area (Å²) in [7, 11) is 1.59. The third kappa shape index (κ3) is 4.31. The lowest BCUT2D eigenvalue weighted by Crippen LogP contribution is -2.51. The Hall–Kier alpha value is -2.37. The Kier molecular flexibility index (Phi) is 5.73. The first-order valence-corrected chi connectivity index (χ1v) is 7.86. The van der Waals surface area contributed by atoms with Gasteiger partial charge in [0.2, 0.25) is 11.8 Å². The molecule has 0 unspecified atom stereocenters. The number of carboxylic acid groups (broad SMARTS) is 1. The van der Waals surface area contributed by atoms with Crippen LogP contribution in [0, 0.1) is 0 Å². The fraction of sp³-hybridized carbons (Fsp3) is 0.471. The highest BCUT2D eigenvalue weighted by Crippen LogP contribution is 2.19. The van der Waals surface area contributed by atoms with Crippen LogP contribution in [0.1, 0.15) is 41.6 Å². The van der Waals surface area contributed by atoms with Crippen LogP contribution >= 0.6 is 0 Å². The van der Waals surface area contributed by atoms with E-state index >= 15 is 0 Å². The van der Waals surface area contributed by atoms with Crippen LogP contribution < -0.4 is 5.32 Å². The molecule has 1 atom stereocenters. The van der Waals surface area contributed by atoms with Crippen LogP contribution in [0.5, 0.6) is 0 Å². The Bertz CT molecular complexity index is 583. The van der Waals surface area contributed by atoms with E-state index in [1.54, 1.807) is 24.1 Å². The van der Waals surface area contributed by atoms with Crippen molar-refractivity contribution >= 4 is 17.8 Å². The van der Waals surface area contributed by atoms with Gasteiger partial charge in [0.15, 0.2) is 0 Å². The lowest BCUT2D eigenvalue weighted by Gasteiger charge is -2.34. The average Bonchev–Trinajstić information content (AvgIpc) is 2.59. The molecule has 0 radical (unpaired) electrons. The van der Waals surface area contributed by atoms with Crippen molar-refractivity contribution in [3.05, 3.63) is 35.4 Å². The number of rotatable bonds is 5. The van der Waals surface area contributed by atoms with E-state index < -0.39 is 5.97 Å². The van der Waals surface area contributed by atoms with Crippen LogP contribution in [-0.4, -0.2) is 47.4 Å². The van der Waals surface area contributed by atoms with E-state index in [1.807, 2.05) is 0 Å². The molecule has 6 heteroatoms. The zero-order valence-electron chi connectivity index (χ0n) is 13.2. The maximum Gasteiger partial charge on any atom is 0.335 e. The van der Waals surface area contributed by atoms with Crippen LogP contribution in [0.15, 0.2) is 24.3 Å². The zero-order valence-corrected chi connectivity index (χ0v) is 13.2. The number of hydrogen-bond acceptors (Lipinski definition) is 3. The summed E-state index contributed by atoms with van der Waals surface area (Å²) < 4.78 is 0. The molecule has 1 aliphatic rings. The largest absolute Gasteiger partial charge is 0.478 e. The van der Waals surface area contributed by atoms with Crippen LogP contribution in [0.3, 0.4) is 0 Å². The number of amides is 2. The Morgan fingerprint density at radius 1 is 1.22 bits per heavy atom. The Labute approximate surface area is 135 Å². The fourth-order valence-corrected chi connectivity index (χ4v) is 2.88. The molecule has 2 rings (SSSR count). The van der Waals surface area contributed by atoms with E-state index in [0.29, 0.717) is 25.8 Å². The van der Waals surface area contributed by atoms with Gasteiger partial charge in [-0.25, -0.2) is 4.79 Å². The molecule has 2 amide bonds. The summed E-state index contributed by atoms with van der Waals surface area (Å²) in [6.45, 7) is 0.620. The van der Waals surface area contributed by atoms with Crippen molar-refractivity contribution in [2.75, 3.05) is 13.6 Å². The number of carboxylic acids is 1. The average molecular weight is 318 g/mol. The number of likely N-dealkylation sites (tertiary alicyclic amines) is 1. The zero-order chi connectivity index (χ0) is 16.8. The van der Waals surface area contributed by atoms with E-state index in [1.165, 1.54) is 12.1 Å². The van der Waals surface area contributed by atoms with Crippen molar-refractivity contribution in [1.82, 2.24) is 10.2 Å². The van der Waals surface area contributed by atoms with Gasteiger partial charge in [-0.3, -0.25) is 9.59 Å². The van der Waals surface area contributed by atoms with Gasteiger partial charge in [0.1, 0.15) is 6.04 Å². The monoisotopic (exact) mass is 318 g/mol. The minimum absolute atomic E-state index is 0.0272. The van der Waals surface area contributed by atoms with Gasteiger partial charge in [0.25, 0.3) is 0 Å². The smallest absolute Gasteiger partial charge is 0.335 e. The summed E-state index contributed by atoms with van der Waals surface area (Å²) in [5, 5.41) is 11.5. The first kappa shape index (κ1) is 17.0. The number of hydrogen-bond donors (Lipinski definition) is 2. The minimum Gasteiger partial charge on any atom is -0.478 e. The lowest BCUT2D eigenvalue weighted by atomic mass is 10.00. The predicted molar refractivity (Wildman–Crippen MR) is 85.1 cm³/mol. The highest BCUT2D eigenvalue weighted by molar-refractivity contribution is 5.88. The summed E-state index contributed by atoms with van der Waals surface area (Å²) in [5.41, 5.74) is 1.15. The molecule has 6 nitrogen and oxygen atoms in total. The Morgan fingerprint density at radius 3 is 2.52 bits per heavy atom.